The van der Waals surface area contributed by atoms with Gasteiger partial charge in [0.1, 0.15) is 5.15 Å². The lowest BCUT2D eigenvalue weighted by Gasteiger charge is -2.16. The molecule has 0 aliphatic carbocycles. The lowest BCUT2D eigenvalue weighted by Crippen LogP contribution is -2.14. The van der Waals surface area contributed by atoms with Crippen LogP contribution in [0.1, 0.15) is 43.2 Å². The van der Waals surface area contributed by atoms with Crippen LogP contribution in [0.3, 0.4) is 0 Å². The fraction of sp³-hybridized carbons (Fsp3) is 0.438. The summed E-state index contributed by atoms with van der Waals surface area (Å²) in [7, 11) is 0. The van der Waals surface area contributed by atoms with Crippen molar-refractivity contribution in [2.45, 2.75) is 45.5 Å². The van der Waals surface area contributed by atoms with Gasteiger partial charge in [-0.3, -0.25) is 0 Å². The Bertz CT molecular complexity index is 592. The molecule has 0 saturated carbocycles. The molecule has 0 radical (unpaired) electrons. The second kappa shape index (κ2) is 5.79. The van der Waals surface area contributed by atoms with E-state index in [2.05, 4.69) is 57.1 Å². The molecule has 108 valence electrons. The van der Waals surface area contributed by atoms with Crippen LogP contribution in [0.2, 0.25) is 5.15 Å². The van der Waals surface area contributed by atoms with Crippen LogP contribution >= 0.6 is 23.2 Å². The highest BCUT2D eigenvalue weighted by atomic mass is 35.5. The monoisotopic (exact) mass is 310 g/mol. The first-order valence-electron chi connectivity index (χ1n) is 6.70. The number of nitrogens with zero attached hydrogens (tertiary/aromatic N) is 2. The van der Waals surface area contributed by atoms with Crippen LogP contribution in [0.15, 0.2) is 24.3 Å². The average Bonchev–Trinajstić information content (AvgIpc) is 2.69. The van der Waals surface area contributed by atoms with E-state index in [1.807, 2.05) is 4.68 Å². The van der Waals surface area contributed by atoms with Crippen molar-refractivity contribution in [2.75, 3.05) is 0 Å². The van der Waals surface area contributed by atoms with Crippen molar-refractivity contribution < 1.29 is 0 Å². The molecule has 2 rings (SSSR count). The van der Waals surface area contributed by atoms with Crippen LogP contribution in [0.4, 0.5) is 0 Å². The maximum Gasteiger partial charge on any atom is 0.132 e. The molecule has 1 aromatic carbocycles. The van der Waals surface area contributed by atoms with Gasteiger partial charge in [-0.05, 0) is 12.5 Å². The van der Waals surface area contributed by atoms with Crippen LogP contribution < -0.4 is 0 Å². The molecule has 0 fully saturated rings. The Morgan fingerprint density at radius 1 is 1.15 bits per heavy atom. The zero-order valence-corrected chi connectivity index (χ0v) is 13.9. The lowest BCUT2D eigenvalue weighted by molar-refractivity contribution is 0.542. The zero-order chi connectivity index (χ0) is 14.9. The normalized spacial score (nSPS) is 11.9. The molecule has 2 nitrogen and oxygen atoms in total. The molecule has 0 amide bonds. The first-order chi connectivity index (χ1) is 9.32. The summed E-state index contributed by atoms with van der Waals surface area (Å²) in [5.74, 6) is 0.388. The number of hydrogen-bond acceptors (Lipinski definition) is 1. The molecule has 0 unspecified atom stereocenters. The number of hydrogen-bond donors (Lipinski definition) is 0. The smallest absolute Gasteiger partial charge is 0.132 e. The van der Waals surface area contributed by atoms with Gasteiger partial charge in [-0.25, -0.2) is 4.68 Å². The molecule has 0 atom stereocenters. The third kappa shape index (κ3) is 3.18. The minimum atomic E-state index is -0.0631. The van der Waals surface area contributed by atoms with Crippen molar-refractivity contribution in [1.82, 2.24) is 9.78 Å². The fourth-order valence-electron chi connectivity index (χ4n) is 2.17. The molecule has 0 bridgehead atoms. The summed E-state index contributed by atoms with van der Waals surface area (Å²) < 4.78 is 1.84. The summed E-state index contributed by atoms with van der Waals surface area (Å²) in [5.41, 5.74) is 4.28. The highest BCUT2D eigenvalue weighted by Crippen LogP contribution is 2.31. The summed E-state index contributed by atoms with van der Waals surface area (Å²) in [6, 6.07) is 8.40. The Morgan fingerprint density at radius 3 is 2.20 bits per heavy atom. The maximum absolute atomic E-state index is 6.43. The average molecular weight is 311 g/mol. The van der Waals surface area contributed by atoms with Crippen molar-refractivity contribution in [3.63, 3.8) is 0 Å². The van der Waals surface area contributed by atoms with Crippen molar-refractivity contribution in [3.8, 4) is 0 Å². The summed E-state index contributed by atoms with van der Waals surface area (Å²) >= 11 is 12.5. The highest BCUT2D eigenvalue weighted by molar-refractivity contribution is 6.31. The molecule has 1 heterocycles. The van der Waals surface area contributed by atoms with Gasteiger partial charge in [0.05, 0.1) is 18.1 Å². The van der Waals surface area contributed by atoms with E-state index in [4.69, 9.17) is 23.2 Å². The number of alkyl halides is 1. The first-order valence-corrected chi connectivity index (χ1v) is 7.61. The summed E-state index contributed by atoms with van der Waals surface area (Å²) in [6.07, 6.45) is 0. The molecular formula is C16H20Cl2N2. The Balaban J connectivity index is 2.38. The minimum Gasteiger partial charge on any atom is -0.249 e. The third-order valence-corrected chi connectivity index (χ3v) is 3.97. The van der Waals surface area contributed by atoms with Crippen LogP contribution in [-0.4, -0.2) is 9.78 Å². The number of benzene rings is 1. The van der Waals surface area contributed by atoms with Crippen molar-refractivity contribution in [2.24, 2.45) is 0 Å². The van der Waals surface area contributed by atoms with E-state index in [-0.39, 0.29) is 5.41 Å². The fourth-order valence-corrected chi connectivity index (χ4v) is 2.75. The van der Waals surface area contributed by atoms with E-state index >= 15 is 0 Å². The van der Waals surface area contributed by atoms with Gasteiger partial charge < -0.3 is 0 Å². The molecule has 0 aliphatic heterocycles. The summed E-state index contributed by atoms with van der Waals surface area (Å²) in [5, 5.41) is 5.31. The van der Waals surface area contributed by atoms with E-state index in [0.29, 0.717) is 17.6 Å². The van der Waals surface area contributed by atoms with E-state index in [9.17, 15) is 0 Å². The van der Waals surface area contributed by atoms with Gasteiger partial charge in [0.15, 0.2) is 0 Å². The highest BCUT2D eigenvalue weighted by Gasteiger charge is 2.25. The van der Waals surface area contributed by atoms with Crippen LogP contribution in [-0.2, 0) is 17.8 Å². The first kappa shape index (κ1) is 15.4. The summed E-state index contributed by atoms with van der Waals surface area (Å²) in [4.78, 5) is 0. The second-order valence-electron chi connectivity index (χ2n) is 6.14. The number of halogens is 2. The zero-order valence-electron chi connectivity index (χ0n) is 12.4. The molecular weight excluding hydrogens is 291 g/mol. The van der Waals surface area contributed by atoms with Gasteiger partial charge in [0.2, 0.25) is 0 Å². The molecule has 0 saturated heterocycles. The van der Waals surface area contributed by atoms with Gasteiger partial charge in [-0.2, -0.15) is 5.10 Å². The molecule has 0 N–H and O–H groups in total. The third-order valence-electron chi connectivity index (χ3n) is 3.28. The quantitative estimate of drug-likeness (QED) is 0.735. The second-order valence-corrected chi connectivity index (χ2v) is 6.77. The van der Waals surface area contributed by atoms with Gasteiger partial charge in [-0.15, -0.1) is 11.6 Å². The van der Waals surface area contributed by atoms with E-state index in [1.165, 1.54) is 11.1 Å². The standard InChI is InChI=1S/C16H20Cl2N2/c1-11-5-7-12(8-6-11)10-20-15(18)13(9-17)14(19-20)16(2,3)4/h5-8H,9-10H2,1-4H3. The van der Waals surface area contributed by atoms with E-state index < -0.39 is 0 Å². The molecule has 2 aromatic rings. The maximum atomic E-state index is 6.43. The predicted octanol–water partition coefficient (Wildman–Crippen LogP) is 4.93. The Morgan fingerprint density at radius 2 is 1.75 bits per heavy atom. The van der Waals surface area contributed by atoms with Gasteiger partial charge in [0.25, 0.3) is 0 Å². The van der Waals surface area contributed by atoms with Crippen molar-refractivity contribution in [3.05, 3.63) is 51.8 Å². The minimum absolute atomic E-state index is 0.0631. The van der Waals surface area contributed by atoms with Crippen LogP contribution in [0, 0.1) is 6.92 Å². The Hall–Kier alpha value is -0.990. The molecule has 0 spiro atoms. The van der Waals surface area contributed by atoms with Crippen LogP contribution in [0.5, 0.6) is 0 Å². The molecule has 0 aliphatic rings. The van der Waals surface area contributed by atoms with Crippen molar-refractivity contribution in [1.29, 1.82) is 0 Å². The van der Waals surface area contributed by atoms with Gasteiger partial charge >= 0.3 is 0 Å². The lowest BCUT2D eigenvalue weighted by atomic mass is 9.90. The van der Waals surface area contributed by atoms with E-state index in [0.717, 1.165) is 11.3 Å². The predicted molar refractivity (Wildman–Crippen MR) is 85.8 cm³/mol. The number of aryl methyl sites for hydroxylation is 1. The van der Waals surface area contributed by atoms with Gasteiger partial charge in [0, 0.05) is 11.0 Å². The Labute approximate surface area is 130 Å². The number of aromatic nitrogens is 2. The van der Waals surface area contributed by atoms with Crippen LogP contribution in [0.25, 0.3) is 0 Å². The van der Waals surface area contributed by atoms with E-state index in [1.54, 1.807) is 0 Å². The van der Waals surface area contributed by atoms with Gasteiger partial charge in [-0.1, -0.05) is 62.2 Å². The SMILES string of the molecule is Cc1ccc(Cn2nc(C(C)(C)C)c(CCl)c2Cl)cc1. The summed E-state index contributed by atoms with van der Waals surface area (Å²) in [6.45, 7) is 9.11. The molecule has 1 aromatic heterocycles. The molecule has 4 heteroatoms. The number of rotatable bonds is 3. The largest absolute Gasteiger partial charge is 0.249 e. The molecule has 20 heavy (non-hydrogen) atoms. The van der Waals surface area contributed by atoms with Crippen molar-refractivity contribution >= 4 is 23.2 Å². The Kier molecular flexibility index (Phi) is 4.46. The topological polar surface area (TPSA) is 17.8 Å².